The maximum absolute atomic E-state index is 18.4. The topological polar surface area (TPSA) is 181 Å². The Morgan fingerprint density at radius 2 is 1.72 bits per heavy atom. The van der Waals surface area contributed by atoms with Crippen LogP contribution in [0.1, 0.15) is 171 Å². The summed E-state index contributed by atoms with van der Waals surface area (Å²) in [6.07, 6.45) is 40.8. The number of nitrogens with one attached hydrogen (secondary N) is 1. The lowest BCUT2D eigenvalue weighted by molar-refractivity contribution is -0.301. The zero-order valence-electron chi connectivity index (χ0n) is 56.2. The van der Waals surface area contributed by atoms with E-state index in [1.165, 1.54) is 55.2 Å². The molecule has 13 heteroatoms. The van der Waals surface area contributed by atoms with Gasteiger partial charge in [0.15, 0.2) is 11.9 Å². The second-order valence-electron chi connectivity index (χ2n) is 37.0. The number of carbonyl (C=O) groups excluding carboxylic acids is 3. The van der Waals surface area contributed by atoms with Crippen molar-refractivity contribution in [2.45, 2.75) is 208 Å². The fourth-order valence-electron chi connectivity index (χ4n) is 32.1. The van der Waals surface area contributed by atoms with Crippen LogP contribution in [0.25, 0.3) is 0 Å². The summed E-state index contributed by atoms with van der Waals surface area (Å²) in [4.78, 5) is 53.5. The number of ketones is 1. The van der Waals surface area contributed by atoms with Gasteiger partial charge < -0.3 is 43.6 Å². The smallest absolute Gasteiger partial charge is 0.339 e. The van der Waals surface area contributed by atoms with Gasteiger partial charge in [-0.1, -0.05) is 118 Å². The van der Waals surface area contributed by atoms with Crippen LogP contribution in [0.4, 0.5) is 0 Å². The van der Waals surface area contributed by atoms with Crippen molar-refractivity contribution in [1.82, 2.24) is 10.2 Å². The van der Waals surface area contributed by atoms with Crippen molar-refractivity contribution >= 4 is 17.7 Å². The summed E-state index contributed by atoms with van der Waals surface area (Å²) in [5.74, 6) is 0.0890. The van der Waals surface area contributed by atoms with Gasteiger partial charge in [-0.2, -0.15) is 0 Å². The lowest BCUT2D eigenvalue weighted by Crippen LogP contribution is -2.82. The standard InChI is InChI=1S/C83H100N2O11/c1-75-37-51-38-77-42-76(25-7-8-26-76)39-55(77)33-54-35-65-78-27-22-47-13-5-6-15-56(47)60(78)21-18-48-16-19-53(34-61(48)78)81(65)68-66(88)70(89)80(52-14-9-12-46(31-52)30-45-10-3-2-4-11-45,67(51)79(68)43-93-73(90)69(77)82(54,79)96-81)83(75)72(95-83)74(91)94-71(75)58-24-29-92-64(58)36-59(63(87)41-86)49-17-20-57-50(32-49)23-28-85-44-84-40-62(57)85/h2-4,10-11,16,18-19,22-24,27-29,35,46-47,49-53,55-57,59-63,65,67-72,84,86-87,89H,5-9,12-15,17,20-21,25-26,30-34,36-44H2,1H3. The van der Waals surface area contributed by atoms with Crippen molar-refractivity contribution in [3.8, 4) is 0 Å². The van der Waals surface area contributed by atoms with Gasteiger partial charge in [-0.05, 0) is 226 Å². The summed E-state index contributed by atoms with van der Waals surface area (Å²) in [5.41, 5.74) is -3.14. The highest BCUT2D eigenvalue weighted by Gasteiger charge is 3.00. The number of epoxide rings is 1. The number of rotatable bonds is 9. The zero-order valence-corrected chi connectivity index (χ0v) is 56.2. The van der Waals surface area contributed by atoms with Crippen molar-refractivity contribution in [3.63, 3.8) is 0 Å². The number of furan rings is 1. The predicted molar refractivity (Wildman–Crippen MR) is 354 cm³/mol. The molecule has 5 saturated heterocycles. The fourth-order valence-corrected chi connectivity index (χ4v) is 32.1. The number of cyclic esters (lactones) is 2. The zero-order chi connectivity index (χ0) is 64.0. The van der Waals surface area contributed by atoms with Gasteiger partial charge in [0.25, 0.3) is 0 Å². The summed E-state index contributed by atoms with van der Waals surface area (Å²) in [5, 5.41) is 42.1. The van der Waals surface area contributed by atoms with Crippen LogP contribution in [0.3, 0.4) is 0 Å². The Morgan fingerprint density at radius 3 is 2.59 bits per heavy atom. The first kappa shape index (κ1) is 59.1. The molecule has 30 atom stereocenters. The number of hydrogen-bond donors (Lipinski definition) is 4. The number of benzene rings is 1. The molecule has 2 aromatic rings. The van der Waals surface area contributed by atoms with Crippen LogP contribution >= 0.6 is 0 Å². The molecule has 508 valence electrons. The Hall–Kier alpha value is -4.63. The summed E-state index contributed by atoms with van der Waals surface area (Å²) in [6.45, 7) is 3.85. The molecule has 96 heavy (non-hydrogen) atoms. The third-order valence-electron chi connectivity index (χ3n) is 34.4. The molecular weight excluding hydrogens is 1200 g/mol. The molecule has 8 heterocycles. The Balaban J connectivity index is 0.763. The van der Waals surface area contributed by atoms with Gasteiger partial charge in [-0.25, -0.2) is 4.79 Å². The number of esters is 2. The van der Waals surface area contributed by atoms with Crippen LogP contribution in [0.2, 0.25) is 0 Å². The number of allylic oxidation sites excluding steroid dienone is 6. The molecule has 10 saturated carbocycles. The van der Waals surface area contributed by atoms with E-state index in [9.17, 15) is 10.2 Å². The first-order valence-corrected chi connectivity index (χ1v) is 39.0. The monoisotopic (exact) mass is 1300 g/mol. The highest BCUT2D eigenvalue weighted by atomic mass is 16.7. The van der Waals surface area contributed by atoms with Crippen LogP contribution in [-0.2, 0) is 46.2 Å². The molecule has 4 N–H and O–H groups in total. The number of nitrogens with zero attached hydrogens (tertiary/aromatic N) is 1. The second kappa shape index (κ2) is 19.7. The Morgan fingerprint density at radius 1 is 0.844 bits per heavy atom. The maximum atomic E-state index is 18.4. The van der Waals surface area contributed by atoms with Crippen LogP contribution in [0.15, 0.2) is 107 Å². The molecule has 1 aromatic heterocycles. The molecule has 7 bridgehead atoms. The van der Waals surface area contributed by atoms with Gasteiger partial charge in [0.05, 0.1) is 48.5 Å². The molecule has 1 aromatic carbocycles. The van der Waals surface area contributed by atoms with Gasteiger partial charge >= 0.3 is 11.9 Å². The predicted octanol–water partition coefficient (Wildman–Crippen LogP) is 12.1. The molecule has 22 rings (SSSR count). The number of ether oxygens (including phenoxy) is 4. The molecule has 30 unspecified atom stereocenters. The SMILES string of the molecule is CC12CC3CC45CC6(CCCC6)CC4CC4=CC6C78C=CC9CCCCC9C7CC=C7C=CC(CC78)C67OC46C5C(=O)OCC64C7C(=O)C(O)C(C5CCCC(Cc6ccccc6)C5)(C34)C13OC3C(=O)OC2c1ccoc1CC(C(O)CO)C1CCC2C(C=CN3CNCC23)C1. The minimum atomic E-state index is -1.53. The van der Waals surface area contributed by atoms with E-state index in [4.69, 9.17) is 23.4 Å². The summed E-state index contributed by atoms with van der Waals surface area (Å²) < 4.78 is 38.3. The summed E-state index contributed by atoms with van der Waals surface area (Å²) in [6, 6.07) is 13.3. The third-order valence-corrected chi connectivity index (χ3v) is 34.4. The summed E-state index contributed by atoms with van der Waals surface area (Å²) in [7, 11) is 0. The van der Waals surface area contributed by atoms with Crippen LogP contribution in [0.5, 0.6) is 0 Å². The van der Waals surface area contributed by atoms with Gasteiger partial charge in [-0.3, -0.25) is 14.9 Å². The van der Waals surface area contributed by atoms with Gasteiger partial charge in [0, 0.05) is 52.7 Å². The Bertz CT molecular complexity index is 3830. The van der Waals surface area contributed by atoms with E-state index in [-0.39, 0.29) is 89.1 Å². The average molecular weight is 1300 g/mol. The molecule has 0 amide bonds. The molecule has 13 nitrogen and oxygen atoms in total. The first-order chi connectivity index (χ1) is 46.7. The Kier molecular flexibility index (Phi) is 12.1. The lowest BCUT2D eigenvalue weighted by atomic mass is 9.29. The Labute approximate surface area is 565 Å². The highest BCUT2D eigenvalue weighted by molar-refractivity contribution is 5.94. The first-order valence-electron chi connectivity index (χ1n) is 39.0. The normalized spacial score (nSPS) is 53.3. The van der Waals surface area contributed by atoms with Gasteiger partial charge in [0.1, 0.15) is 35.8 Å². The van der Waals surface area contributed by atoms with Gasteiger partial charge in [-0.15, -0.1) is 0 Å². The second-order valence-corrected chi connectivity index (χ2v) is 37.0. The van der Waals surface area contributed by atoms with Crippen LogP contribution < -0.4 is 5.32 Å². The minimum absolute atomic E-state index is 0.0500. The minimum Gasteiger partial charge on any atom is -0.469 e. The molecule has 15 fully saturated rings. The average Bonchev–Trinajstić information content (AvgIpc) is 1.41. The molecule has 7 spiro atoms. The third kappa shape index (κ3) is 6.72. The quantitative estimate of drug-likeness (QED) is 0.106. The lowest BCUT2D eigenvalue weighted by Gasteiger charge is -2.73. The molecular formula is C83H100N2O11. The van der Waals surface area contributed by atoms with E-state index in [2.05, 4.69) is 96.2 Å². The molecule has 0 radical (unpaired) electrons. The van der Waals surface area contributed by atoms with Crippen molar-refractivity contribution in [2.75, 3.05) is 26.4 Å². The number of aliphatic hydroxyl groups is 3. The molecule has 13 aliphatic carbocycles. The van der Waals surface area contributed by atoms with E-state index >= 15 is 19.5 Å². The number of hydrogen-bond acceptors (Lipinski definition) is 13. The number of Topliss-reactive ketones (excluding diaryl/α,β-unsaturated/α-hetero) is 1. The van der Waals surface area contributed by atoms with Crippen molar-refractivity contribution in [1.29, 1.82) is 0 Å². The van der Waals surface area contributed by atoms with Crippen LogP contribution in [-0.4, -0.2) is 106 Å². The van der Waals surface area contributed by atoms with E-state index in [0.29, 0.717) is 54.2 Å². The van der Waals surface area contributed by atoms with Crippen molar-refractivity contribution in [2.24, 2.45) is 133 Å². The van der Waals surface area contributed by atoms with Gasteiger partial charge in [0.2, 0.25) is 0 Å². The molecule has 7 aliphatic heterocycles. The fraction of sp³-hybridized carbons (Fsp3) is 0.723. The largest absolute Gasteiger partial charge is 0.469 e. The highest BCUT2D eigenvalue weighted by Crippen LogP contribution is 2.93. The van der Waals surface area contributed by atoms with E-state index in [1.807, 2.05) is 6.07 Å². The van der Waals surface area contributed by atoms with Crippen molar-refractivity contribution in [3.05, 3.63) is 119 Å². The number of carbonyl (C=O) groups is 3. The maximum Gasteiger partial charge on any atom is 0.339 e. The number of aliphatic hydroxyl groups excluding tert-OH is 3. The number of fused-ring (bicyclic) bond motifs is 6. The molecule has 20 aliphatic rings. The summed E-state index contributed by atoms with van der Waals surface area (Å²) >= 11 is 0. The van der Waals surface area contributed by atoms with Crippen LogP contribution in [0, 0.1) is 133 Å². The van der Waals surface area contributed by atoms with E-state index in [0.717, 1.165) is 122 Å². The van der Waals surface area contributed by atoms with Crippen molar-refractivity contribution < 1.29 is 53.1 Å². The van der Waals surface area contributed by atoms with E-state index in [1.54, 1.807) is 6.26 Å². The van der Waals surface area contributed by atoms with E-state index < -0.39 is 86.6 Å².